The van der Waals surface area contributed by atoms with Crippen LogP contribution in [0.1, 0.15) is 34.2 Å². The van der Waals surface area contributed by atoms with Gasteiger partial charge in [-0.2, -0.15) is 4.80 Å². The number of nitrogens with zero attached hydrogens (tertiary/aromatic N) is 7. The van der Waals surface area contributed by atoms with E-state index >= 15 is 0 Å². The molecule has 3 aromatic rings. The summed E-state index contributed by atoms with van der Waals surface area (Å²) in [5.41, 5.74) is 1.39. The molecule has 0 spiro atoms. The highest BCUT2D eigenvalue weighted by Crippen LogP contribution is 2.24. The van der Waals surface area contributed by atoms with Crippen LogP contribution in [-0.2, 0) is 0 Å². The summed E-state index contributed by atoms with van der Waals surface area (Å²) in [7, 11) is 0. The van der Waals surface area contributed by atoms with Crippen LogP contribution in [0, 0.1) is 12.7 Å². The molecule has 0 atom stereocenters. The van der Waals surface area contributed by atoms with Gasteiger partial charge in [0.1, 0.15) is 10.7 Å². The minimum Gasteiger partial charge on any atom is -0.338 e. The Balaban J connectivity index is 1.41. The van der Waals surface area contributed by atoms with E-state index in [1.54, 1.807) is 23.9 Å². The van der Waals surface area contributed by atoms with Crippen molar-refractivity contribution in [3.63, 3.8) is 0 Å². The molecule has 8 nitrogen and oxygen atoms in total. The van der Waals surface area contributed by atoms with E-state index in [1.165, 1.54) is 12.1 Å². The monoisotopic (exact) mass is 373 g/mol. The number of aromatic nitrogens is 6. The van der Waals surface area contributed by atoms with Crippen molar-refractivity contribution >= 4 is 17.4 Å². The number of carbonyl (C=O) groups is 1. The lowest BCUT2D eigenvalue weighted by atomic mass is 10.1. The molecule has 0 radical (unpaired) electrons. The summed E-state index contributed by atoms with van der Waals surface area (Å²) in [4.78, 5) is 16.5. The lowest BCUT2D eigenvalue weighted by Gasteiger charge is -2.30. The number of hydrogen-bond acceptors (Lipinski definition) is 7. The zero-order chi connectivity index (χ0) is 18.1. The Morgan fingerprint density at radius 3 is 2.58 bits per heavy atom. The molecular weight excluding hydrogens is 357 g/mol. The first-order chi connectivity index (χ1) is 12.6. The summed E-state index contributed by atoms with van der Waals surface area (Å²) in [6.45, 7) is 3.03. The Bertz CT molecular complexity index is 915. The summed E-state index contributed by atoms with van der Waals surface area (Å²) < 4.78 is 16.9. The molecule has 4 rings (SSSR count). The van der Waals surface area contributed by atoms with Crippen LogP contribution in [0.5, 0.6) is 0 Å². The number of tetrazole rings is 1. The molecule has 0 N–H and O–H groups in total. The zero-order valence-corrected chi connectivity index (χ0v) is 14.9. The van der Waals surface area contributed by atoms with E-state index in [0.717, 1.165) is 29.9 Å². The van der Waals surface area contributed by atoms with E-state index in [2.05, 4.69) is 25.0 Å². The van der Waals surface area contributed by atoms with Crippen LogP contribution in [0.2, 0.25) is 0 Å². The van der Waals surface area contributed by atoms with Crippen molar-refractivity contribution in [1.82, 2.24) is 34.7 Å². The largest absolute Gasteiger partial charge is 0.338 e. The van der Waals surface area contributed by atoms with Crippen molar-refractivity contribution in [1.29, 1.82) is 0 Å². The Hall–Kier alpha value is -2.75. The van der Waals surface area contributed by atoms with Gasteiger partial charge in [0.05, 0.1) is 11.7 Å². The van der Waals surface area contributed by atoms with Crippen molar-refractivity contribution in [2.45, 2.75) is 25.8 Å². The van der Waals surface area contributed by atoms with Gasteiger partial charge in [-0.1, -0.05) is 4.49 Å². The van der Waals surface area contributed by atoms with E-state index in [1.807, 2.05) is 4.90 Å². The molecule has 1 fully saturated rings. The first kappa shape index (κ1) is 16.7. The zero-order valence-electron chi connectivity index (χ0n) is 14.0. The van der Waals surface area contributed by atoms with E-state index < -0.39 is 0 Å². The van der Waals surface area contributed by atoms with Crippen LogP contribution < -0.4 is 0 Å². The Kier molecular flexibility index (Phi) is 4.41. The van der Waals surface area contributed by atoms with E-state index in [-0.39, 0.29) is 17.8 Å². The van der Waals surface area contributed by atoms with Gasteiger partial charge in [-0.15, -0.1) is 15.3 Å². The molecule has 2 aromatic heterocycles. The predicted molar refractivity (Wildman–Crippen MR) is 92.0 cm³/mol. The number of benzene rings is 1. The number of rotatable bonds is 3. The third kappa shape index (κ3) is 3.19. The second kappa shape index (κ2) is 6.87. The van der Waals surface area contributed by atoms with E-state index in [4.69, 9.17) is 0 Å². The fourth-order valence-corrected chi connectivity index (χ4v) is 3.59. The van der Waals surface area contributed by atoms with Crippen LogP contribution in [0.4, 0.5) is 4.39 Å². The first-order valence-electron chi connectivity index (χ1n) is 8.25. The van der Waals surface area contributed by atoms with Gasteiger partial charge in [0, 0.05) is 18.7 Å². The fourth-order valence-electron chi connectivity index (χ4n) is 2.97. The highest BCUT2D eigenvalue weighted by molar-refractivity contribution is 7.07. The van der Waals surface area contributed by atoms with Crippen molar-refractivity contribution < 1.29 is 9.18 Å². The number of aryl methyl sites for hydroxylation is 1. The maximum Gasteiger partial charge on any atom is 0.267 e. The normalized spacial score (nSPS) is 15.4. The Labute approximate surface area is 152 Å². The van der Waals surface area contributed by atoms with Crippen molar-refractivity contribution in [2.24, 2.45) is 0 Å². The number of hydrogen-bond donors (Lipinski definition) is 0. The molecule has 26 heavy (non-hydrogen) atoms. The molecular formula is C16H16FN7OS. The smallest absolute Gasteiger partial charge is 0.267 e. The summed E-state index contributed by atoms with van der Waals surface area (Å²) in [5, 5.41) is 16.5. The first-order valence-corrected chi connectivity index (χ1v) is 9.03. The predicted octanol–water partition coefficient (Wildman–Crippen LogP) is 2.12. The minimum atomic E-state index is -0.301. The topological polar surface area (TPSA) is 89.7 Å². The van der Waals surface area contributed by atoms with Crippen molar-refractivity contribution in [2.75, 3.05) is 13.1 Å². The van der Waals surface area contributed by atoms with Gasteiger partial charge in [-0.05, 0) is 60.8 Å². The van der Waals surface area contributed by atoms with Crippen LogP contribution in [0.3, 0.4) is 0 Å². The maximum atomic E-state index is 13.0. The van der Waals surface area contributed by atoms with Crippen LogP contribution in [-0.4, -0.2) is 53.7 Å². The highest BCUT2D eigenvalue weighted by Gasteiger charge is 2.28. The maximum absolute atomic E-state index is 13.0. The molecule has 0 unspecified atom stereocenters. The van der Waals surface area contributed by atoms with Crippen LogP contribution >= 0.6 is 11.5 Å². The van der Waals surface area contributed by atoms with Crippen molar-refractivity contribution in [3.8, 4) is 11.4 Å². The van der Waals surface area contributed by atoms with Gasteiger partial charge in [0.15, 0.2) is 0 Å². The highest BCUT2D eigenvalue weighted by atomic mass is 32.1. The Morgan fingerprint density at radius 2 is 1.92 bits per heavy atom. The van der Waals surface area contributed by atoms with Gasteiger partial charge >= 0.3 is 0 Å². The molecule has 1 aromatic carbocycles. The summed E-state index contributed by atoms with van der Waals surface area (Å²) in [5.74, 6) is 0.147. The fraction of sp³-hybridized carbons (Fsp3) is 0.375. The third-order valence-corrected chi connectivity index (χ3v) is 5.27. The second-order valence-corrected chi connectivity index (χ2v) is 6.91. The molecule has 1 saturated heterocycles. The minimum absolute atomic E-state index is 0.0190. The number of amides is 1. The lowest BCUT2D eigenvalue weighted by Crippen LogP contribution is -2.39. The number of carbonyl (C=O) groups excluding carboxylic acids is 1. The summed E-state index contributed by atoms with van der Waals surface area (Å²) in [6.07, 6.45) is 1.49. The number of likely N-dealkylation sites (tertiary alicyclic amines) is 1. The van der Waals surface area contributed by atoms with E-state index in [9.17, 15) is 9.18 Å². The SMILES string of the molecule is Cc1nnsc1C(=O)N1CCC(n2nnc(-c3ccc(F)cc3)n2)CC1. The molecule has 0 bridgehead atoms. The molecule has 134 valence electrons. The molecule has 1 amide bonds. The molecule has 3 heterocycles. The standard InChI is InChI=1S/C16H16FN7OS/c1-10-14(26-22-18-10)16(25)23-8-6-13(7-9-23)24-20-15(19-21-24)11-2-4-12(17)5-3-11/h2-5,13H,6-9H2,1H3. The van der Waals surface area contributed by atoms with Gasteiger partial charge in [-0.3, -0.25) is 4.79 Å². The second-order valence-electron chi connectivity index (χ2n) is 6.15. The Morgan fingerprint density at radius 1 is 1.19 bits per heavy atom. The van der Waals surface area contributed by atoms with E-state index in [0.29, 0.717) is 29.5 Å². The molecule has 0 aliphatic carbocycles. The third-order valence-electron chi connectivity index (χ3n) is 4.45. The van der Waals surface area contributed by atoms with Gasteiger partial charge in [-0.25, -0.2) is 4.39 Å². The quantitative estimate of drug-likeness (QED) is 0.699. The molecule has 1 aliphatic heterocycles. The average molecular weight is 373 g/mol. The van der Waals surface area contributed by atoms with Gasteiger partial charge in [0.25, 0.3) is 5.91 Å². The van der Waals surface area contributed by atoms with Gasteiger partial charge < -0.3 is 4.90 Å². The van der Waals surface area contributed by atoms with Crippen LogP contribution in [0.25, 0.3) is 11.4 Å². The number of piperidine rings is 1. The summed E-state index contributed by atoms with van der Waals surface area (Å²) >= 11 is 1.13. The van der Waals surface area contributed by atoms with Crippen molar-refractivity contribution in [3.05, 3.63) is 40.7 Å². The summed E-state index contributed by atoms with van der Waals surface area (Å²) in [6, 6.07) is 6.08. The van der Waals surface area contributed by atoms with Crippen LogP contribution in [0.15, 0.2) is 24.3 Å². The lowest BCUT2D eigenvalue weighted by molar-refractivity contribution is 0.0687. The molecule has 1 aliphatic rings. The van der Waals surface area contributed by atoms with Gasteiger partial charge in [0.2, 0.25) is 5.82 Å². The number of halogens is 1. The molecule has 0 saturated carbocycles. The average Bonchev–Trinajstić information content (AvgIpc) is 3.31. The molecule has 10 heteroatoms.